The smallest absolute Gasteiger partial charge is 0.128 e. The third-order valence-corrected chi connectivity index (χ3v) is 4.34. The van der Waals surface area contributed by atoms with Crippen LogP contribution in [0.25, 0.3) is 0 Å². The molecule has 2 nitrogen and oxygen atoms in total. The van der Waals surface area contributed by atoms with Crippen molar-refractivity contribution in [3.8, 4) is 0 Å². The van der Waals surface area contributed by atoms with E-state index in [1.807, 2.05) is 0 Å². The molecule has 3 atom stereocenters. The zero-order chi connectivity index (χ0) is 8.45. The van der Waals surface area contributed by atoms with Crippen molar-refractivity contribution in [3.05, 3.63) is 12.2 Å². The molecule has 66 valence electrons. The van der Waals surface area contributed by atoms with Crippen LogP contribution in [0, 0.1) is 0 Å². The molecule has 2 saturated heterocycles. The highest BCUT2D eigenvalue weighted by Gasteiger charge is 2.67. The SMILES string of the molecule is C[C@@]12C=C[C@]3(COC[C@]3(Br)C1)O2. The van der Waals surface area contributed by atoms with Gasteiger partial charge in [0.05, 0.1) is 23.1 Å². The second-order valence-electron chi connectivity index (χ2n) is 4.27. The van der Waals surface area contributed by atoms with E-state index in [4.69, 9.17) is 9.47 Å². The number of alkyl halides is 1. The van der Waals surface area contributed by atoms with Crippen LogP contribution < -0.4 is 0 Å². The summed E-state index contributed by atoms with van der Waals surface area (Å²) in [6.45, 7) is 3.61. The summed E-state index contributed by atoms with van der Waals surface area (Å²) in [4.78, 5) is 0. The Labute approximate surface area is 80.0 Å². The standard InChI is InChI=1S/C9H11BrO2/c1-7-2-3-9(12-7)6-11-5-8(9,10)4-7/h2-3H,4-6H2,1H3/t7-,8-,9-/m1/s1. The van der Waals surface area contributed by atoms with Crippen LogP contribution in [0.15, 0.2) is 12.2 Å². The first-order valence-electron chi connectivity index (χ1n) is 4.25. The Kier molecular flexibility index (Phi) is 1.14. The van der Waals surface area contributed by atoms with Gasteiger partial charge in [-0.25, -0.2) is 0 Å². The Bertz CT molecular complexity index is 278. The van der Waals surface area contributed by atoms with Gasteiger partial charge >= 0.3 is 0 Å². The zero-order valence-electron chi connectivity index (χ0n) is 6.97. The molecule has 0 saturated carbocycles. The number of halogens is 1. The van der Waals surface area contributed by atoms with Crippen LogP contribution in [0.4, 0.5) is 0 Å². The maximum absolute atomic E-state index is 5.99. The van der Waals surface area contributed by atoms with Gasteiger partial charge in [0.15, 0.2) is 0 Å². The fraction of sp³-hybridized carbons (Fsp3) is 0.778. The summed E-state index contributed by atoms with van der Waals surface area (Å²) in [5.41, 5.74) is -0.213. The van der Waals surface area contributed by atoms with Crippen LogP contribution in [-0.2, 0) is 9.47 Å². The van der Waals surface area contributed by atoms with Crippen molar-refractivity contribution in [2.24, 2.45) is 0 Å². The monoisotopic (exact) mass is 230 g/mol. The topological polar surface area (TPSA) is 18.5 Å². The molecule has 12 heavy (non-hydrogen) atoms. The molecule has 0 aromatic heterocycles. The van der Waals surface area contributed by atoms with E-state index in [1.165, 1.54) is 0 Å². The molecule has 1 spiro atoms. The van der Waals surface area contributed by atoms with E-state index in [2.05, 4.69) is 35.0 Å². The quantitative estimate of drug-likeness (QED) is 0.466. The first-order valence-corrected chi connectivity index (χ1v) is 5.04. The van der Waals surface area contributed by atoms with Gasteiger partial charge in [-0.3, -0.25) is 0 Å². The Hall–Kier alpha value is 0.140. The van der Waals surface area contributed by atoms with E-state index in [0.717, 1.165) is 13.0 Å². The number of hydrogen-bond acceptors (Lipinski definition) is 2. The van der Waals surface area contributed by atoms with Crippen molar-refractivity contribution < 1.29 is 9.47 Å². The Balaban J connectivity index is 2.14. The maximum Gasteiger partial charge on any atom is 0.128 e. The summed E-state index contributed by atoms with van der Waals surface area (Å²) < 4.78 is 11.5. The average molecular weight is 231 g/mol. The largest absolute Gasteiger partial charge is 0.376 e. The molecule has 0 radical (unpaired) electrons. The summed E-state index contributed by atoms with van der Waals surface area (Å²) in [6.07, 6.45) is 5.36. The number of fused-ring (bicyclic) bond motifs is 1. The summed E-state index contributed by atoms with van der Waals surface area (Å²) in [7, 11) is 0. The fourth-order valence-electron chi connectivity index (χ4n) is 2.58. The predicted octanol–water partition coefficient (Wildman–Crippen LogP) is 1.64. The van der Waals surface area contributed by atoms with Gasteiger partial charge in [-0.2, -0.15) is 0 Å². The molecule has 3 aliphatic heterocycles. The van der Waals surface area contributed by atoms with Crippen molar-refractivity contribution in [1.82, 2.24) is 0 Å². The predicted molar refractivity (Wildman–Crippen MR) is 48.5 cm³/mol. The molecule has 3 heteroatoms. The zero-order valence-corrected chi connectivity index (χ0v) is 8.56. The lowest BCUT2D eigenvalue weighted by Gasteiger charge is -2.28. The Morgan fingerprint density at radius 3 is 2.83 bits per heavy atom. The molecule has 0 aromatic rings. The van der Waals surface area contributed by atoms with Crippen molar-refractivity contribution in [2.75, 3.05) is 13.2 Å². The molecule has 3 heterocycles. The second kappa shape index (κ2) is 1.81. The molecule has 0 N–H and O–H groups in total. The van der Waals surface area contributed by atoms with Crippen molar-refractivity contribution in [2.45, 2.75) is 28.9 Å². The molecule has 0 unspecified atom stereocenters. The highest BCUT2D eigenvalue weighted by atomic mass is 79.9. The summed E-state index contributed by atoms with van der Waals surface area (Å²) in [6, 6.07) is 0. The average Bonchev–Trinajstić information content (AvgIpc) is 2.46. The van der Waals surface area contributed by atoms with Crippen molar-refractivity contribution >= 4 is 15.9 Å². The second-order valence-corrected chi connectivity index (χ2v) is 5.79. The molecule has 0 amide bonds. The summed E-state index contributed by atoms with van der Waals surface area (Å²) >= 11 is 3.75. The minimum Gasteiger partial charge on any atom is -0.376 e. The molecule has 3 rings (SSSR count). The number of ether oxygens (including phenoxy) is 2. The summed E-state index contributed by atoms with van der Waals surface area (Å²) in [5.74, 6) is 0. The van der Waals surface area contributed by atoms with Gasteiger partial charge in [0.1, 0.15) is 5.60 Å². The molecule has 0 aromatic carbocycles. The number of rotatable bonds is 0. The minimum absolute atomic E-state index is 0.0451. The van der Waals surface area contributed by atoms with E-state index in [-0.39, 0.29) is 15.5 Å². The third kappa shape index (κ3) is 0.649. The lowest BCUT2D eigenvalue weighted by Crippen LogP contribution is -2.43. The Morgan fingerprint density at radius 2 is 2.17 bits per heavy atom. The van der Waals surface area contributed by atoms with Gasteiger partial charge in [0, 0.05) is 6.42 Å². The van der Waals surface area contributed by atoms with Gasteiger partial charge in [-0.15, -0.1) is 0 Å². The van der Waals surface area contributed by atoms with Gasteiger partial charge in [-0.1, -0.05) is 28.1 Å². The first kappa shape index (κ1) is 7.54. The fourth-order valence-corrected chi connectivity index (χ4v) is 3.63. The highest BCUT2D eigenvalue weighted by molar-refractivity contribution is 9.10. The first-order chi connectivity index (χ1) is 5.58. The molecule has 3 aliphatic rings. The Morgan fingerprint density at radius 1 is 1.33 bits per heavy atom. The van der Waals surface area contributed by atoms with Crippen LogP contribution in [0.5, 0.6) is 0 Å². The minimum atomic E-state index is -0.165. The van der Waals surface area contributed by atoms with Crippen LogP contribution in [0.1, 0.15) is 13.3 Å². The van der Waals surface area contributed by atoms with Gasteiger partial charge < -0.3 is 9.47 Å². The van der Waals surface area contributed by atoms with Crippen molar-refractivity contribution in [1.29, 1.82) is 0 Å². The van der Waals surface area contributed by atoms with Crippen LogP contribution >= 0.6 is 15.9 Å². The third-order valence-electron chi connectivity index (χ3n) is 3.16. The summed E-state index contributed by atoms with van der Waals surface area (Å²) in [5, 5.41) is 0. The van der Waals surface area contributed by atoms with E-state index in [1.54, 1.807) is 0 Å². The molecular formula is C9H11BrO2. The molecular weight excluding hydrogens is 220 g/mol. The van der Waals surface area contributed by atoms with E-state index in [0.29, 0.717) is 6.61 Å². The van der Waals surface area contributed by atoms with Crippen LogP contribution in [0.3, 0.4) is 0 Å². The molecule has 2 bridgehead atoms. The van der Waals surface area contributed by atoms with E-state index < -0.39 is 0 Å². The maximum atomic E-state index is 5.99. The van der Waals surface area contributed by atoms with Gasteiger partial charge in [0.2, 0.25) is 0 Å². The number of hydrogen-bond donors (Lipinski definition) is 0. The van der Waals surface area contributed by atoms with Gasteiger partial charge in [0.25, 0.3) is 0 Å². The highest BCUT2D eigenvalue weighted by Crippen LogP contribution is 2.58. The molecule has 0 aliphatic carbocycles. The lowest BCUT2D eigenvalue weighted by molar-refractivity contribution is -0.0386. The van der Waals surface area contributed by atoms with E-state index >= 15 is 0 Å². The van der Waals surface area contributed by atoms with Gasteiger partial charge in [-0.05, 0) is 6.92 Å². The normalized spacial score (nSPS) is 61.2. The lowest BCUT2D eigenvalue weighted by atomic mass is 9.82. The van der Waals surface area contributed by atoms with Crippen LogP contribution in [0.2, 0.25) is 0 Å². The van der Waals surface area contributed by atoms with Crippen molar-refractivity contribution in [3.63, 3.8) is 0 Å². The van der Waals surface area contributed by atoms with E-state index in [9.17, 15) is 0 Å². The molecule has 2 fully saturated rings. The van der Waals surface area contributed by atoms with Crippen LogP contribution in [-0.4, -0.2) is 28.7 Å².